The average Bonchev–Trinajstić information content (AvgIpc) is 2.73. The number of rotatable bonds is 4. The van der Waals surface area contributed by atoms with Gasteiger partial charge in [0.05, 0.1) is 5.25 Å². The van der Waals surface area contributed by atoms with Crippen LogP contribution < -0.4 is 5.32 Å². The number of hydrogen-bond donors (Lipinski definition) is 1. The van der Waals surface area contributed by atoms with Crippen LogP contribution >= 0.6 is 11.8 Å². The number of ketones is 2. The van der Waals surface area contributed by atoms with Crippen molar-refractivity contribution >= 4 is 34.9 Å². The average molecular weight is 401 g/mol. The maximum Gasteiger partial charge on any atom is 0.237 e. The maximum atomic E-state index is 12.8. The number of thioether (sulfide) groups is 1. The van der Waals surface area contributed by atoms with E-state index >= 15 is 0 Å². The summed E-state index contributed by atoms with van der Waals surface area (Å²) in [5.74, 6) is -0.532. The Balaban J connectivity index is 1.53. The van der Waals surface area contributed by atoms with Gasteiger partial charge in [-0.2, -0.15) is 0 Å². The van der Waals surface area contributed by atoms with E-state index < -0.39 is 0 Å². The number of benzene rings is 3. The Bertz CT molecular complexity index is 1140. The first-order valence-electron chi connectivity index (χ1n) is 9.30. The van der Waals surface area contributed by atoms with E-state index in [1.807, 2.05) is 38.1 Å². The van der Waals surface area contributed by atoms with Gasteiger partial charge in [0.15, 0.2) is 11.6 Å². The zero-order valence-electron chi connectivity index (χ0n) is 16.1. The molecule has 0 unspecified atom stereocenters. The van der Waals surface area contributed by atoms with Gasteiger partial charge in [0.1, 0.15) is 0 Å². The van der Waals surface area contributed by atoms with Crippen molar-refractivity contribution in [3.63, 3.8) is 0 Å². The van der Waals surface area contributed by atoms with E-state index in [1.54, 1.807) is 42.5 Å². The SMILES string of the molecule is Cc1ccc(S[C@@H](C)C(=O)Nc2ccc3c(c2)C(=O)c2ccccc2C3=O)cc1. The zero-order valence-corrected chi connectivity index (χ0v) is 16.9. The lowest BCUT2D eigenvalue weighted by Gasteiger charge is -2.18. The molecule has 0 spiro atoms. The van der Waals surface area contributed by atoms with Crippen molar-refractivity contribution < 1.29 is 14.4 Å². The van der Waals surface area contributed by atoms with Crippen LogP contribution in [0.4, 0.5) is 5.69 Å². The summed E-state index contributed by atoms with van der Waals surface area (Å²) in [4.78, 5) is 39.1. The molecule has 0 heterocycles. The molecule has 0 aromatic heterocycles. The molecule has 5 heteroatoms. The maximum absolute atomic E-state index is 12.8. The van der Waals surface area contributed by atoms with Crippen LogP contribution in [0.1, 0.15) is 44.3 Å². The largest absolute Gasteiger partial charge is 0.325 e. The minimum absolute atomic E-state index is 0.162. The molecule has 1 atom stereocenters. The molecule has 1 N–H and O–H groups in total. The molecule has 0 fully saturated rings. The van der Waals surface area contributed by atoms with Gasteiger partial charge in [-0.25, -0.2) is 0 Å². The van der Waals surface area contributed by atoms with E-state index in [0.29, 0.717) is 27.9 Å². The van der Waals surface area contributed by atoms with E-state index in [9.17, 15) is 14.4 Å². The molecular weight excluding hydrogens is 382 g/mol. The highest BCUT2D eigenvalue weighted by atomic mass is 32.2. The third-order valence-corrected chi connectivity index (χ3v) is 6.01. The molecule has 0 aliphatic heterocycles. The minimum atomic E-state index is -0.313. The van der Waals surface area contributed by atoms with E-state index in [4.69, 9.17) is 0 Å². The normalized spacial score (nSPS) is 13.4. The van der Waals surface area contributed by atoms with Crippen molar-refractivity contribution in [3.8, 4) is 0 Å². The van der Waals surface area contributed by atoms with Crippen molar-refractivity contribution in [2.24, 2.45) is 0 Å². The first-order valence-corrected chi connectivity index (χ1v) is 10.2. The number of anilines is 1. The topological polar surface area (TPSA) is 63.2 Å². The van der Waals surface area contributed by atoms with E-state index in [1.165, 1.54) is 17.3 Å². The van der Waals surface area contributed by atoms with Crippen LogP contribution in [0, 0.1) is 6.92 Å². The fraction of sp³-hybridized carbons (Fsp3) is 0.125. The molecule has 0 radical (unpaired) electrons. The summed E-state index contributed by atoms with van der Waals surface area (Å²) in [5, 5.41) is 2.55. The summed E-state index contributed by atoms with van der Waals surface area (Å²) < 4.78 is 0. The van der Waals surface area contributed by atoms with Crippen LogP contribution in [0.2, 0.25) is 0 Å². The molecular formula is C24H19NO3S. The van der Waals surface area contributed by atoms with Crippen LogP contribution in [0.25, 0.3) is 0 Å². The van der Waals surface area contributed by atoms with Gasteiger partial charge in [0.25, 0.3) is 0 Å². The van der Waals surface area contributed by atoms with Crippen molar-refractivity contribution in [1.82, 2.24) is 0 Å². The van der Waals surface area contributed by atoms with Crippen LogP contribution in [0.15, 0.2) is 71.6 Å². The predicted molar refractivity (Wildman–Crippen MR) is 115 cm³/mol. The molecule has 29 heavy (non-hydrogen) atoms. The summed E-state index contributed by atoms with van der Waals surface area (Å²) >= 11 is 1.47. The van der Waals surface area contributed by atoms with Crippen LogP contribution in [-0.4, -0.2) is 22.7 Å². The third-order valence-electron chi connectivity index (χ3n) is 4.90. The van der Waals surface area contributed by atoms with Gasteiger partial charge in [-0.05, 0) is 44.2 Å². The molecule has 3 aromatic rings. The Morgan fingerprint density at radius 3 is 2.07 bits per heavy atom. The monoisotopic (exact) mass is 401 g/mol. The highest BCUT2D eigenvalue weighted by molar-refractivity contribution is 8.00. The van der Waals surface area contributed by atoms with Gasteiger partial charge < -0.3 is 5.32 Å². The van der Waals surface area contributed by atoms with Crippen molar-refractivity contribution in [2.75, 3.05) is 5.32 Å². The summed E-state index contributed by atoms with van der Waals surface area (Å²) in [6.07, 6.45) is 0. The number of aryl methyl sites for hydroxylation is 1. The molecule has 3 aromatic carbocycles. The summed E-state index contributed by atoms with van der Waals surface area (Å²) in [5.41, 5.74) is 3.19. The van der Waals surface area contributed by atoms with Gasteiger partial charge in [0, 0.05) is 32.8 Å². The van der Waals surface area contributed by atoms with Crippen LogP contribution in [0.3, 0.4) is 0 Å². The molecule has 144 valence electrons. The first kappa shape index (κ1) is 19.2. The van der Waals surface area contributed by atoms with Gasteiger partial charge in [-0.3, -0.25) is 14.4 Å². The first-order chi connectivity index (χ1) is 13.9. The van der Waals surface area contributed by atoms with Crippen LogP contribution in [-0.2, 0) is 4.79 Å². The number of hydrogen-bond acceptors (Lipinski definition) is 4. The smallest absolute Gasteiger partial charge is 0.237 e. The molecule has 1 amide bonds. The molecule has 4 rings (SSSR count). The number of carbonyl (C=O) groups excluding carboxylic acids is 3. The second-order valence-corrected chi connectivity index (χ2v) is 8.44. The third kappa shape index (κ3) is 3.74. The molecule has 1 aliphatic carbocycles. The highest BCUT2D eigenvalue weighted by Gasteiger charge is 2.29. The Labute approximate surface area is 173 Å². The molecule has 0 saturated carbocycles. The number of carbonyl (C=O) groups is 3. The Morgan fingerprint density at radius 2 is 1.41 bits per heavy atom. The Kier molecular flexibility index (Phi) is 5.07. The second kappa shape index (κ2) is 7.68. The van der Waals surface area contributed by atoms with E-state index in [-0.39, 0.29) is 22.7 Å². The number of nitrogens with one attached hydrogen (secondary N) is 1. The molecule has 0 saturated heterocycles. The van der Waals surface area contributed by atoms with Crippen LogP contribution in [0.5, 0.6) is 0 Å². The summed E-state index contributed by atoms with van der Waals surface area (Å²) in [6.45, 7) is 3.86. The fourth-order valence-electron chi connectivity index (χ4n) is 3.30. The van der Waals surface area contributed by atoms with Gasteiger partial charge >= 0.3 is 0 Å². The molecule has 1 aliphatic rings. The lowest BCUT2D eigenvalue weighted by molar-refractivity contribution is -0.115. The number of amides is 1. The lowest BCUT2D eigenvalue weighted by Crippen LogP contribution is -2.24. The Morgan fingerprint density at radius 1 is 0.828 bits per heavy atom. The van der Waals surface area contributed by atoms with Crippen molar-refractivity contribution in [2.45, 2.75) is 24.0 Å². The summed E-state index contributed by atoms with van der Waals surface area (Å²) in [6, 6.07) is 19.7. The molecule has 0 bridgehead atoms. The van der Waals surface area contributed by atoms with Crippen molar-refractivity contribution in [3.05, 3.63) is 94.5 Å². The highest BCUT2D eigenvalue weighted by Crippen LogP contribution is 2.30. The Hall–Kier alpha value is -3.18. The quantitative estimate of drug-likeness (QED) is 0.495. The van der Waals surface area contributed by atoms with Gasteiger partial charge in [-0.15, -0.1) is 11.8 Å². The van der Waals surface area contributed by atoms with Gasteiger partial charge in [0.2, 0.25) is 5.91 Å². The second-order valence-electron chi connectivity index (χ2n) is 7.03. The minimum Gasteiger partial charge on any atom is -0.325 e. The standard InChI is InChI=1S/C24H19NO3S/c1-14-7-10-17(11-8-14)29-15(2)24(28)25-16-9-12-20-21(13-16)23(27)19-6-4-3-5-18(19)22(20)26/h3-13,15H,1-2H3,(H,25,28)/t15-/m0/s1. The molecule has 4 nitrogen and oxygen atoms in total. The van der Waals surface area contributed by atoms with E-state index in [2.05, 4.69) is 5.32 Å². The van der Waals surface area contributed by atoms with Crippen molar-refractivity contribution in [1.29, 1.82) is 0 Å². The zero-order chi connectivity index (χ0) is 20.5. The van der Waals surface area contributed by atoms with Gasteiger partial charge in [-0.1, -0.05) is 42.0 Å². The predicted octanol–water partition coefficient (Wildman–Crippen LogP) is 4.89. The lowest BCUT2D eigenvalue weighted by atomic mass is 9.84. The fourth-order valence-corrected chi connectivity index (χ4v) is 4.16. The summed E-state index contributed by atoms with van der Waals surface area (Å²) in [7, 11) is 0. The van der Waals surface area contributed by atoms with E-state index in [0.717, 1.165) is 4.90 Å². The number of fused-ring (bicyclic) bond motifs is 2.